The summed E-state index contributed by atoms with van der Waals surface area (Å²) in [4.78, 5) is 14.8. The smallest absolute Gasteiger partial charge is 0.211 e. The minimum absolute atomic E-state index is 0.0502. The highest BCUT2D eigenvalue weighted by Crippen LogP contribution is 2.28. The van der Waals surface area contributed by atoms with Crippen molar-refractivity contribution in [3.8, 4) is 0 Å². The zero-order valence-corrected chi connectivity index (χ0v) is 18.4. The second-order valence-electron chi connectivity index (χ2n) is 7.53. The van der Waals surface area contributed by atoms with Crippen molar-refractivity contribution >= 4 is 26.4 Å². The standard InChI is InChI=1S/C23H25FN2O4S/c1-3-16-5-7-17(8-6-16)31(28,29)22-15-25(4-2)20-14-21(26-9-11-30-12-10-26)19(24)13-18(20)23(22)27/h5-8,13-15H,3-4,9-12H2,1-2H3. The molecule has 0 radical (unpaired) electrons. The fraction of sp³-hybridized carbons (Fsp3) is 0.348. The molecule has 0 amide bonds. The number of nitrogens with zero attached hydrogens (tertiary/aromatic N) is 2. The summed E-state index contributed by atoms with van der Waals surface area (Å²) in [7, 11) is -4.04. The van der Waals surface area contributed by atoms with E-state index in [0.717, 1.165) is 18.1 Å². The summed E-state index contributed by atoms with van der Waals surface area (Å²) in [5.74, 6) is -0.545. The van der Waals surface area contributed by atoms with E-state index >= 15 is 0 Å². The van der Waals surface area contributed by atoms with Crippen molar-refractivity contribution in [2.45, 2.75) is 36.6 Å². The Balaban J connectivity index is 1.89. The minimum atomic E-state index is -4.04. The number of hydrogen-bond donors (Lipinski definition) is 0. The molecule has 1 aliphatic heterocycles. The van der Waals surface area contributed by atoms with Crippen LogP contribution in [0.2, 0.25) is 0 Å². The van der Waals surface area contributed by atoms with E-state index in [1.54, 1.807) is 22.8 Å². The molecule has 4 rings (SSSR count). The summed E-state index contributed by atoms with van der Waals surface area (Å²) in [6.45, 7) is 6.39. The maximum absolute atomic E-state index is 15.0. The van der Waals surface area contributed by atoms with Gasteiger partial charge in [0.2, 0.25) is 15.3 Å². The molecule has 0 unspecified atom stereocenters. The zero-order chi connectivity index (χ0) is 22.2. The highest BCUT2D eigenvalue weighted by atomic mass is 32.2. The molecule has 31 heavy (non-hydrogen) atoms. The van der Waals surface area contributed by atoms with Gasteiger partial charge in [0.25, 0.3) is 0 Å². The van der Waals surface area contributed by atoms with Gasteiger partial charge in [0.1, 0.15) is 10.7 Å². The third-order valence-electron chi connectivity index (χ3n) is 5.74. The van der Waals surface area contributed by atoms with Crippen molar-refractivity contribution in [2.75, 3.05) is 31.2 Å². The Morgan fingerprint density at radius 1 is 1.06 bits per heavy atom. The second-order valence-corrected chi connectivity index (χ2v) is 9.45. The van der Waals surface area contributed by atoms with Crippen LogP contribution in [-0.2, 0) is 27.5 Å². The normalized spacial score (nSPS) is 14.9. The third kappa shape index (κ3) is 3.85. The molecular formula is C23H25FN2O4S. The lowest BCUT2D eigenvalue weighted by molar-refractivity contribution is 0.122. The second kappa shape index (κ2) is 8.43. The SMILES string of the molecule is CCc1ccc(S(=O)(=O)c2cn(CC)c3cc(N4CCOCC4)c(F)cc3c2=O)cc1. The van der Waals surface area contributed by atoms with Crippen LogP contribution in [0.15, 0.2) is 57.2 Å². The van der Waals surface area contributed by atoms with Crippen LogP contribution < -0.4 is 10.3 Å². The maximum atomic E-state index is 15.0. The molecule has 1 saturated heterocycles. The number of anilines is 1. The molecular weight excluding hydrogens is 419 g/mol. The largest absolute Gasteiger partial charge is 0.378 e. The molecule has 3 aromatic rings. The van der Waals surface area contributed by atoms with Crippen molar-refractivity contribution < 1.29 is 17.5 Å². The molecule has 1 aromatic heterocycles. The first-order valence-electron chi connectivity index (χ1n) is 10.4. The molecule has 164 valence electrons. The van der Waals surface area contributed by atoms with Gasteiger partial charge >= 0.3 is 0 Å². The Morgan fingerprint density at radius 2 is 1.74 bits per heavy atom. The van der Waals surface area contributed by atoms with Crippen molar-refractivity contribution in [3.63, 3.8) is 0 Å². The molecule has 1 aliphatic rings. The van der Waals surface area contributed by atoms with Crippen LogP contribution in [0, 0.1) is 5.82 Å². The predicted octanol–water partition coefficient (Wildman–Crippen LogP) is 3.39. The Labute approximate surface area is 180 Å². The number of pyridine rings is 1. The molecule has 0 aliphatic carbocycles. The fourth-order valence-corrected chi connectivity index (χ4v) is 5.27. The van der Waals surface area contributed by atoms with Crippen LogP contribution in [0.3, 0.4) is 0 Å². The molecule has 0 atom stereocenters. The lowest BCUT2D eigenvalue weighted by Crippen LogP contribution is -2.36. The molecule has 0 bridgehead atoms. The van der Waals surface area contributed by atoms with E-state index in [1.807, 2.05) is 18.7 Å². The van der Waals surface area contributed by atoms with Gasteiger partial charge in [-0.05, 0) is 43.2 Å². The number of morpholine rings is 1. The summed E-state index contributed by atoms with van der Waals surface area (Å²) in [5, 5.41) is 0.0580. The van der Waals surface area contributed by atoms with Gasteiger partial charge < -0.3 is 14.2 Å². The Kier molecular flexibility index (Phi) is 5.85. The lowest BCUT2D eigenvalue weighted by atomic mass is 10.1. The Bertz CT molecular complexity index is 1280. The maximum Gasteiger partial charge on any atom is 0.211 e. The van der Waals surface area contributed by atoms with Crippen molar-refractivity contribution in [1.29, 1.82) is 0 Å². The molecule has 0 N–H and O–H groups in total. The van der Waals surface area contributed by atoms with Crippen LogP contribution in [-0.4, -0.2) is 39.3 Å². The average Bonchev–Trinajstić information content (AvgIpc) is 2.79. The van der Waals surface area contributed by atoms with Crippen LogP contribution in [0.25, 0.3) is 10.9 Å². The summed E-state index contributed by atoms with van der Waals surface area (Å²) in [6.07, 6.45) is 2.15. The zero-order valence-electron chi connectivity index (χ0n) is 17.6. The highest BCUT2D eigenvalue weighted by Gasteiger charge is 2.25. The first-order valence-corrected chi connectivity index (χ1v) is 11.9. The van der Waals surface area contributed by atoms with E-state index in [2.05, 4.69) is 0 Å². The molecule has 0 saturated carbocycles. The van der Waals surface area contributed by atoms with Crippen molar-refractivity contribution in [3.05, 3.63) is 64.2 Å². The van der Waals surface area contributed by atoms with E-state index in [-0.39, 0.29) is 15.2 Å². The van der Waals surface area contributed by atoms with Gasteiger partial charge in [-0.3, -0.25) is 4.79 Å². The number of hydrogen-bond acceptors (Lipinski definition) is 5. The summed E-state index contributed by atoms with van der Waals surface area (Å²) in [5.41, 5.74) is 1.21. The first-order chi connectivity index (χ1) is 14.9. The number of aryl methyl sites for hydroxylation is 2. The van der Waals surface area contributed by atoms with Crippen molar-refractivity contribution in [2.24, 2.45) is 0 Å². The van der Waals surface area contributed by atoms with Gasteiger partial charge in [-0.1, -0.05) is 19.1 Å². The quantitative estimate of drug-likeness (QED) is 0.603. The molecule has 0 spiro atoms. The van der Waals surface area contributed by atoms with Gasteiger partial charge in [0.15, 0.2) is 0 Å². The van der Waals surface area contributed by atoms with Gasteiger partial charge in [-0.25, -0.2) is 12.8 Å². The van der Waals surface area contributed by atoms with Gasteiger partial charge in [0, 0.05) is 25.8 Å². The van der Waals surface area contributed by atoms with E-state index in [0.29, 0.717) is 44.1 Å². The van der Waals surface area contributed by atoms with Gasteiger partial charge in [0.05, 0.1) is 34.7 Å². The van der Waals surface area contributed by atoms with Crippen LogP contribution in [0.4, 0.5) is 10.1 Å². The van der Waals surface area contributed by atoms with Crippen LogP contribution >= 0.6 is 0 Å². The Morgan fingerprint density at radius 3 is 2.35 bits per heavy atom. The molecule has 2 aromatic carbocycles. The summed E-state index contributed by atoms with van der Waals surface area (Å²) < 4.78 is 48.5. The Hall–Kier alpha value is -2.71. The van der Waals surface area contributed by atoms with Gasteiger partial charge in [-0.2, -0.15) is 0 Å². The lowest BCUT2D eigenvalue weighted by Gasteiger charge is -2.29. The summed E-state index contributed by atoms with van der Waals surface area (Å²) in [6, 6.07) is 9.29. The molecule has 6 nitrogen and oxygen atoms in total. The van der Waals surface area contributed by atoms with Gasteiger partial charge in [-0.15, -0.1) is 0 Å². The van der Waals surface area contributed by atoms with E-state index < -0.39 is 21.1 Å². The van der Waals surface area contributed by atoms with E-state index in [9.17, 15) is 17.6 Å². The fourth-order valence-electron chi connectivity index (χ4n) is 3.90. The van der Waals surface area contributed by atoms with Crippen LogP contribution in [0.1, 0.15) is 19.4 Å². The number of benzene rings is 2. The van der Waals surface area contributed by atoms with E-state index in [4.69, 9.17) is 4.74 Å². The number of aromatic nitrogens is 1. The molecule has 2 heterocycles. The average molecular weight is 445 g/mol. The van der Waals surface area contributed by atoms with Crippen molar-refractivity contribution in [1.82, 2.24) is 4.57 Å². The molecule has 1 fully saturated rings. The minimum Gasteiger partial charge on any atom is -0.378 e. The van der Waals surface area contributed by atoms with Crippen LogP contribution in [0.5, 0.6) is 0 Å². The number of ether oxygens (including phenoxy) is 1. The number of sulfone groups is 1. The monoisotopic (exact) mass is 444 g/mol. The number of halogens is 1. The van der Waals surface area contributed by atoms with E-state index in [1.165, 1.54) is 18.3 Å². The number of fused-ring (bicyclic) bond motifs is 1. The highest BCUT2D eigenvalue weighted by molar-refractivity contribution is 7.91. The first kappa shape index (κ1) is 21.5. The summed E-state index contributed by atoms with van der Waals surface area (Å²) >= 11 is 0. The number of rotatable bonds is 5. The predicted molar refractivity (Wildman–Crippen MR) is 118 cm³/mol. The third-order valence-corrected chi connectivity index (χ3v) is 7.50. The molecule has 8 heteroatoms. The topological polar surface area (TPSA) is 68.6 Å².